The molecule has 0 spiro atoms. The predicted octanol–water partition coefficient (Wildman–Crippen LogP) is 3.38. The lowest BCUT2D eigenvalue weighted by Gasteiger charge is -2.02. The lowest BCUT2D eigenvalue weighted by atomic mass is 10.2. The summed E-state index contributed by atoms with van der Waals surface area (Å²) in [4.78, 5) is 4.24. The second kappa shape index (κ2) is 5.48. The van der Waals surface area contributed by atoms with Crippen molar-refractivity contribution in [2.24, 2.45) is 0 Å². The number of halogens is 1. The van der Waals surface area contributed by atoms with E-state index in [4.69, 9.17) is 9.26 Å². The highest BCUT2D eigenvalue weighted by Crippen LogP contribution is 2.15. The van der Waals surface area contributed by atoms with Crippen molar-refractivity contribution in [2.75, 3.05) is 0 Å². The van der Waals surface area contributed by atoms with Crippen LogP contribution in [0.2, 0.25) is 0 Å². The van der Waals surface area contributed by atoms with E-state index >= 15 is 0 Å². The molecular formula is C12H13IN2O2. The summed E-state index contributed by atoms with van der Waals surface area (Å²) in [5.41, 5.74) is 0. The van der Waals surface area contributed by atoms with Gasteiger partial charge in [-0.3, -0.25) is 0 Å². The van der Waals surface area contributed by atoms with Crippen molar-refractivity contribution in [3.8, 4) is 5.75 Å². The molecule has 0 fully saturated rings. The molecule has 0 atom stereocenters. The summed E-state index contributed by atoms with van der Waals surface area (Å²) in [6.07, 6.45) is 0. The quantitative estimate of drug-likeness (QED) is 0.798. The Balaban J connectivity index is 1.95. The van der Waals surface area contributed by atoms with Crippen LogP contribution < -0.4 is 4.74 Å². The molecule has 0 aliphatic rings. The van der Waals surface area contributed by atoms with Gasteiger partial charge < -0.3 is 9.26 Å². The number of benzene rings is 1. The molecule has 2 aromatic rings. The van der Waals surface area contributed by atoms with Gasteiger partial charge in [-0.15, -0.1) is 0 Å². The molecule has 90 valence electrons. The van der Waals surface area contributed by atoms with Gasteiger partial charge >= 0.3 is 0 Å². The summed E-state index contributed by atoms with van der Waals surface area (Å²) in [6, 6.07) is 7.83. The van der Waals surface area contributed by atoms with E-state index in [1.807, 2.05) is 38.1 Å². The third-order valence-corrected chi connectivity index (χ3v) is 2.88. The topological polar surface area (TPSA) is 48.2 Å². The van der Waals surface area contributed by atoms with Gasteiger partial charge in [-0.25, -0.2) is 0 Å². The lowest BCUT2D eigenvalue weighted by molar-refractivity contribution is 0.284. The zero-order valence-corrected chi connectivity index (χ0v) is 11.8. The Morgan fingerprint density at radius 2 is 2.00 bits per heavy atom. The molecule has 0 radical (unpaired) electrons. The van der Waals surface area contributed by atoms with Crippen LogP contribution in [0.3, 0.4) is 0 Å². The number of nitrogens with zero attached hydrogens (tertiary/aromatic N) is 2. The molecule has 0 saturated carbocycles. The summed E-state index contributed by atoms with van der Waals surface area (Å²) in [5, 5.41) is 3.86. The average molecular weight is 344 g/mol. The Kier molecular flexibility index (Phi) is 3.98. The summed E-state index contributed by atoms with van der Waals surface area (Å²) in [5.74, 6) is 2.27. The van der Waals surface area contributed by atoms with Crippen molar-refractivity contribution in [3.05, 3.63) is 39.6 Å². The van der Waals surface area contributed by atoms with Crippen LogP contribution in [0.4, 0.5) is 0 Å². The van der Waals surface area contributed by atoms with Crippen LogP contribution in [0.5, 0.6) is 5.75 Å². The van der Waals surface area contributed by atoms with Gasteiger partial charge in [-0.05, 0) is 46.9 Å². The van der Waals surface area contributed by atoms with Crippen molar-refractivity contribution in [3.63, 3.8) is 0 Å². The van der Waals surface area contributed by atoms with Crippen LogP contribution >= 0.6 is 22.6 Å². The van der Waals surface area contributed by atoms with Gasteiger partial charge in [0.15, 0.2) is 6.61 Å². The zero-order valence-electron chi connectivity index (χ0n) is 9.68. The maximum Gasteiger partial charge on any atom is 0.229 e. The fourth-order valence-corrected chi connectivity index (χ4v) is 1.60. The van der Waals surface area contributed by atoms with Gasteiger partial charge in [-0.2, -0.15) is 4.98 Å². The van der Waals surface area contributed by atoms with E-state index in [0.29, 0.717) is 18.3 Å². The molecule has 17 heavy (non-hydrogen) atoms. The molecule has 1 aromatic heterocycles. The van der Waals surface area contributed by atoms with Crippen LogP contribution in [0.25, 0.3) is 0 Å². The molecule has 2 rings (SSSR count). The number of hydrogen-bond acceptors (Lipinski definition) is 4. The molecule has 0 aliphatic carbocycles. The number of aromatic nitrogens is 2. The molecular weight excluding hydrogens is 331 g/mol. The summed E-state index contributed by atoms with van der Waals surface area (Å²) in [7, 11) is 0. The fourth-order valence-electron chi connectivity index (χ4n) is 1.24. The van der Waals surface area contributed by atoms with Crippen LogP contribution in [-0.4, -0.2) is 10.1 Å². The Morgan fingerprint density at radius 1 is 1.29 bits per heavy atom. The maximum absolute atomic E-state index is 5.55. The first-order valence-electron chi connectivity index (χ1n) is 5.36. The zero-order chi connectivity index (χ0) is 12.3. The summed E-state index contributed by atoms with van der Waals surface area (Å²) < 4.78 is 11.8. The van der Waals surface area contributed by atoms with Crippen molar-refractivity contribution >= 4 is 22.6 Å². The van der Waals surface area contributed by atoms with Gasteiger partial charge in [0.05, 0.1) is 0 Å². The highest BCUT2D eigenvalue weighted by molar-refractivity contribution is 14.1. The maximum atomic E-state index is 5.55. The number of ether oxygens (including phenoxy) is 1. The first kappa shape index (κ1) is 12.3. The van der Waals surface area contributed by atoms with E-state index in [9.17, 15) is 0 Å². The highest BCUT2D eigenvalue weighted by Gasteiger charge is 2.09. The monoisotopic (exact) mass is 344 g/mol. The average Bonchev–Trinajstić information content (AvgIpc) is 2.77. The number of rotatable bonds is 4. The second-order valence-electron chi connectivity index (χ2n) is 3.95. The highest BCUT2D eigenvalue weighted by atomic mass is 127. The lowest BCUT2D eigenvalue weighted by Crippen LogP contribution is -1.98. The van der Waals surface area contributed by atoms with Gasteiger partial charge in [0, 0.05) is 9.49 Å². The van der Waals surface area contributed by atoms with E-state index in [1.165, 1.54) is 3.57 Å². The molecule has 0 bridgehead atoms. The molecule has 0 amide bonds. The SMILES string of the molecule is CC(C)c1nc(COc2ccc(I)cc2)no1. The largest absolute Gasteiger partial charge is 0.485 e. The van der Waals surface area contributed by atoms with Crippen molar-refractivity contribution in [1.82, 2.24) is 10.1 Å². The minimum atomic E-state index is 0.245. The minimum Gasteiger partial charge on any atom is -0.485 e. The first-order chi connectivity index (χ1) is 8.15. The molecule has 0 aliphatic heterocycles. The third kappa shape index (κ3) is 3.42. The number of hydrogen-bond donors (Lipinski definition) is 0. The van der Waals surface area contributed by atoms with Crippen LogP contribution in [-0.2, 0) is 6.61 Å². The molecule has 1 aromatic carbocycles. The van der Waals surface area contributed by atoms with Gasteiger partial charge in [0.2, 0.25) is 11.7 Å². The smallest absolute Gasteiger partial charge is 0.229 e. The molecule has 5 heteroatoms. The van der Waals surface area contributed by atoms with Crippen molar-refractivity contribution < 1.29 is 9.26 Å². The van der Waals surface area contributed by atoms with Crippen LogP contribution in [0, 0.1) is 3.57 Å². The summed E-state index contributed by atoms with van der Waals surface area (Å²) >= 11 is 2.25. The minimum absolute atomic E-state index is 0.245. The predicted molar refractivity (Wildman–Crippen MR) is 71.9 cm³/mol. The van der Waals surface area contributed by atoms with Gasteiger partial charge in [0.1, 0.15) is 5.75 Å². The molecule has 4 nitrogen and oxygen atoms in total. The Hall–Kier alpha value is -1.11. The van der Waals surface area contributed by atoms with E-state index < -0.39 is 0 Å². The standard InChI is InChI=1S/C12H13IN2O2/c1-8(2)12-14-11(15-17-12)7-16-10-5-3-9(13)4-6-10/h3-6,8H,7H2,1-2H3. The second-order valence-corrected chi connectivity index (χ2v) is 5.19. The Labute approximate surface area is 114 Å². The van der Waals surface area contributed by atoms with Crippen molar-refractivity contribution in [1.29, 1.82) is 0 Å². The van der Waals surface area contributed by atoms with Crippen molar-refractivity contribution in [2.45, 2.75) is 26.4 Å². The van der Waals surface area contributed by atoms with E-state index in [0.717, 1.165) is 5.75 Å². The van der Waals surface area contributed by atoms with Crippen LogP contribution in [0.1, 0.15) is 31.5 Å². The van der Waals surface area contributed by atoms with Gasteiger partial charge in [0.25, 0.3) is 0 Å². The first-order valence-corrected chi connectivity index (χ1v) is 6.44. The normalized spacial score (nSPS) is 10.8. The Morgan fingerprint density at radius 3 is 2.59 bits per heavy atom. The molecule has 0 saturated heterocycles. The van der Waals surface area contributed by atoms with Crippen LogP contribution in [0.15, 0.2) is 28.8 Å². The van der Waals surface area contributed by atoms with Gasteiger partial charge in [-0.1, -0.05) is 19.0 Å². The summed E-state index contributed by atoms with van der Waals surface area (Å²) in [6.45, 7) is 4.35. The van der Waals surface area contributed by atoms with E-state index in [-0.39, 0.29) is 5.92 Å². The third-order valence-electron chi connectivity index (χ3n) is 2.16. The fraction of sp³-hybridized carbons (Fsp3) is 0.333. The molecule has 1 heterocycles. The van der Waals surface area contributed by atoms with E-state index in [1.54, 1.807) is 0 Å². The van der Waals surface area contributed by atoms with E-state index in [2.05, 4.69) is 32.7 Å². The molecule has 0 unspecified atom stereocenters. The Bertz CT molecular complexity index is 480. The molecule has 0 N–H and O–H groups in total.